The zero-order valence-corrected chi connectivity index (χ0v) is 10.6. The molecule has 0 unspecified atom stereocenters. The van der Waals surface area contributed by atoms with E-state index in [0.717, 1.165) is 5.56 Å². The molecule has 1 aromatic rings. The molecule has 0 aliphatic carbocycles. The summed E-state index contributed by atoms with van der Waals surface area (Å²) >= 11 is 6.11. The summed E-state index contributed by atoms with van der Waals surface area (Å²) in [5.74, 6) is -0.0546. The second kappa shape index (κ2) is 5.21. The minimum absolute atomic E-state index is 0.0530. The molecule has 0 amide bonds. The first-order chi connectivity index (χ1) is 7.47. The molecular weight excluding hydrogens is 228 g/mol. The number of carbonyl (C=O) groups is 1. The van der Waals surface area contributed by atoms with Crippen molar-refractivity contribution >= 4 is 17.6 Å². The van der Waals surface area contributed by atoms with Gasteiger partial charge < -0.3 is 9.47 Å². The van der Waals surface area contributed by atoms with Crippen LogP contribution in [-0.4, -0.2) is 19.2 Å². The van der Waals surface area contributed by atoms with Crippen LogP contribution in [0, 0.1) is 6.92 Å². The third-order valence-corrected chi connectivity index (χ3v) is 2.52. The minimum atomic E-state index is -0.447. The van der Waals surface area contributed by atoms with Crippen LogP contribution in [0.5, 0.6) is 5.75 Å². The lowest BCUT2D eigenvalue weighted by Gasteiger charge is -2.15. The van der Waals surface area contributed by atoms with E-state index in [4.69, 9.17) is 16.3 Å². The number of benzene rings is 1. The van der Waals surface area contributed by atoms with E-state index in [9.17, 15) is 4.79 Å². The van der Waals surface area contributed by atoms with Crippen LogP contribution in [-0.2, 0) is 4.74 Å². The van der Waals surface area contributed by atoms with Crippen LogP contribution in [0.2, 0.25) is 5.02 Å². The second-order valence-electron chi connectivity index (χ2n) is 3.73. The molecule has 0 N–H and O–H groups in total. The van der Waals surface area contributed by atoms with Gasteiger partial charge in [0.05, 0.1) is 18.2 Å². The summed E-state index contributed by atoms with van der Waals surface area (Å²) in [6.07, 6.45) is -0.0530. The second-order valence-corrected chi connectivity index (χ2v) is 4.11. The Morgan fingerprint density at radius 2 is 2.00 bits per heavy atom. The number of methoxy groups -OCH3 is 1. The molecule has 4 heteroatoms. The molecule has 0 fully saturated rings. The number of ether oxygens (including phenoxy) is 2. The van der Waals surface area contributed by atoms with E-state index in [1.807, 2.05) is 20.8 Å². The molecular formula is C12H15ClO3. The first kappa shape index (κ1) is 12.8. The lowest BCUT2D eigenvalue weighted by molar-refractivity contribution is 0.0594. The maximum Gasteiger partial charge on any atom is 0.341 e. The molecule has 16 heavy (non-hydrogen) atoms. The van der Waals surface area contributed by atoms with Gasteiger partial charge in [0.15, 0.2) is 5.75 Å². The number of hydrogen-bond donors (Lipinski definition) is 0. The number of rotatable bonds is 3. The van der Waals surface area contributed by atoms with Crippen molar-refractivity contribution < 1.29 is 14.3 Å². The topological polar surface area (TPSA) is 35.5 Å². The summed E-state index contributed by atoms with van der Waals surface area (Å²) in [5.41, 5.74) is 1.22. The van der Waals surface area contributed by atoms with E-state index >= 15 is 0 Å². The summed E-state index contributed by atoms with van der Waals surface area (Å²) in [7, 11) is 1.33. The van der Waals surface area contributed by atoms with Gasteiger partial charge in [0.25, 0.3) is 0 Å². The highest BCUT2D eigenvalue weighted by molar-refractivity contribution is 6.33. The Bertz CT molecular complexity index is 399. The highest BCUT2D eigenvalue weighted by Gasteiger charge is 2.18. The smallest absolute Gasteiger partial charge is 0.341 e. The van der Waals surface area contributed by atoms with E-state index in [-0.39, 0.29) is 6.10 Å². The predicted molar refractivity (Wildman–Crippen MR) is 63.3 cm³/mol. The molecule has 0 aromatic heterocycles. The van der Waals surface area contributed by atoms with E-state index < -0.39 is 5.97 Å². The minimum Gasteiger partial charge on any atom is -0.489 e. The molecule has 0 bridgehead atoms. The van der Waals surface area contributed by atoms with E-state index in [0.29, 0.717) is 16.3 Å². The summed E-state index contributed by atoms with van der Waals surface area (Å²) in [4.78, 5) is 11.5. The Morgan fingerprint density at radius 3 is 2.50 bits per heavy atom. The summed E-state index contributed by atoms with van der Waals surface area (Å²) in [5, 5.41) is 0.455. The molecule has 0 heterocycles. The lowest BCUT2D eigenvalue weighted by Crippen LogP contribution is -2.12. The monoisotopic (exact) mass is 242 g/mol. The molecule has 0 radical (unpaired) electrons. The van der Waals surface area contributed by atoms with Gasteiger partial charge in [-0.1, -0.05) is 17.7 Å². The molecule has 0 aliphatic heterocycles. The molecule has 88 valence electrons. The number of aryl methyl sites for hydroxylation is 1. The van der Waals surface area contributed by atoms with Crippen molar-refractivity contribution in [2.24, 2.45) is 0 Å². The average Bonchev–Trinajstić information content (AvgIpc) is 2.23. The maximum absolute atomic E-state index is 11.5. The Labute approximate surface area is 100 Å². The van der Waals surface area contributed by atoms with Crippen molar-refractivity contribution in [3.05, 3.63) is 28.3 Å². The molecule has 1 rings (SSSR count). The molecule has 0 aliphatic rings. The fourth-order valence-electron chi connectivity index (χ4n) is 1.28. The quantitative estimate of drug-likeness (QED) is 0.764. The number of esters is 1. The fourth-order valence-corrected chi connectivity index (χ4v) is 1.49. The van der Waals surface area contributed by atoms with Gasteiger partial charge in [0.1, 0.15) is 5.56 Å². The molecule has 0 atom stereocenters. The summed E-state index contributed by atoms with van der Waals surface area (Å²) in [6, 6.07) is 3.42. The SMILES string of the molecule is COC(=O)c1ccc(C)c(Cl)c1OC(C)C. The molecule has 0 saturated carbocycles. The van der Waals surface area contributed by atoms with E-state index in [1.165, 1.54) is 7.11 Å². The Hall–Kier alpha value is -1.22. The lowest BCUT2D eigenvalue weighted by atomic mass is 10.1. The van der Waals surface area contributed by atoms with Crippen LogP contribution in [0.4, 0.5) is 0 Å². The largest absolute Gasteiger partial charge is 0.489 e. The van der Waals surface area contributed by atoms with Crippen LogP contribution in [0.1, 0.15) is 29.8 Å². The first-order valence-electron chi connectivity index (χ1n) is 5.01. The van der Waals surface area contributed by atoms with Gasteiger partial charge in [-0.3, -0.25) is 0 Å². The number of carbonyl (C=O) groups excluding carboxylic acids is 1. The molecule has 3 nitrogen and oxygen atoms in total. The summed E-state index contributed by atoms with van der Waals surface area (Å²) < 4.78 is 10.2. The van der Waals surface area contributed by atoms with Crippen LogP contribution < -0.4 is 4.74 Å². The highest BCUT2D eigenvalue weighted by atomic mass is 35.5. The summed E-state index contributed by atoms with van der Waals surface area (Å²) in [6.45, 7) is 5.61. The van der Waals surface area contributed by atoms with Crippen molar-refractivity contribution in [2.75, 3.05) is 7.11 Å². The molecule has 0 saturated heterocycles. The Morgan fingerprint density at radius 1 is 1.38 bits per heavy atom. The maximum atomic E-state index is 11.5. The van der Waals surface area contributed by atoms with Crippen molar-refractivity contribution in [3.8, 4) is 5.75 Å². The van der Waals surface area contributed by atoms with Crippen LogP contribution >= 0.6 is 11.6 Å². The fraction of sp³-hybridized carbons (Fsp3) is 0.417. The molecule has 0 spiro atoms. The van der Waals surface area contributed by atoms with Crippen molar-refractivity contribution in [2.45, 2.75) is 26.9 Å². The molecule has 1 aromatic carbocycles. The Balaban J connectivity index is 3.27. The third kappa shape index (κ3) is 2.67. The van der Waals surface area contributed by atoms with Crippen LogP contribution in [0.15, 0.2) is 12.1 Å². The number of halogens is 1. The van der Waals surface area contributed by atoms with Crippen molar-refractivity contribution in [1.82, 2.24) is 0 Å². The highest BCUT2D eigenvalue weighted by Crippen LogP contribution is 2.33. The van der Waals surface area contributed by atoms with Crippen molar-refractivity contribution in [3.63, 3.8) is 0 Å². The van der Waals surface area contributed by atoms with Gasteiger partial charge in [-0.05, 0) is 32.4 Å². The van der Waals surface area contributed by atoms with Gasteiger partial charge in [-0.2, -0.15) is 0 Å². The first-order valence-corrected chi connectivity index (χ1v) is 5.39. The van der Waals surface area contributed by atoms with Crippen LogP contribution in [0.3, 0.4) is 0 Å². The number of hydrogen-bond acceptors (Lipinski definition) is 3. The van der Waals surface area contributed by atoms with E-state index in [2.05, 4.69) is 4.74 Å². The van der Waals surface area contributed by atoms with Crippen LogP contribution in [0.25, 0.3) is 0 Å². The predicted octanol–water partition coefficient (Wildman–Crippen LogP) is 3.22. The van der Waals surface area contributed by atoms with Gasteiger partial charge in [-0.15, -0.1) is 0 Å². The van der Waals surface area contributed by atoms with Crippen molar-refractivity contribution in [1.29, 1.82) is 0 Å². The average molecular weight is 243 g/mol. The third-order valence-electron chi connectivity index (χ3n) is 2.05. The Kier molecular flexibility index (Phi) is 4.19. The zero-order valence-electron chi connectivity index (χ0n) is 9.83. The van der Waals surface area contributed by atoms with Gasteiger partial charge in [-0.25, -0.2) is 4.79 Å². The van der Waals surface area contributed by atoms with E-state index in [1.54, 1.807) is 12.1 Å². The normalized spacial score (nSPS) is 10.4. The van der Waals surface area contributed by atoms with Gasteiger partial charge >= 0.3 is 5.97 Å². The zero-order chi connectivity index (χ0) is 12.3. The van der Waals surface area contributed by atoms with Gasteiger partial charge in [0.2, 0.25) is 0 Å². The standard InChI is InChI=1S/C12H15ClO3/c1-7(2)16-11-9(12(14)15-4)6-5-8(3)10(11)13/h5-7H,1-4H3. The van der Waals surface area contributed by atoms with Gasteiger partial charge in [0, 0.05) is 0 Å².